The summed E-state index contributed by atoms with van der Waals surface area (Å²) in [6.07, 6.45) is -50.2. The van der Waals surface area contributed by atoms with E-state index in [9.17, 15) is 77.5 Å². The van der Waals surface area contributed by atoms with Gasteiger partial charge in [-0.2, -0.15) is 0 Å². The van der Waals surface area contributed by atoms with Crippen molar-refractivity contribution in [1.29, 1.82) is 0 Å². The topological polar surface area (TPSA) is 922 Å². The summed E-state index contributed by atoms with van der Waals surface area (Å²) in [4.78, 5) is 81.7. The van der Waals surface area contributed by atoms with Gasteiger partial charge < -0.3 is 106 Å². The molecule has 0 radical (unpaired) electrons. The average molecular weight is 1750 g/mol. The lowest BCUT2D eigenvalue weighted by atomic mass is 9.83. The Morgan fingerprint density at radius 1 is 0.352 bits per heavy atom. The molecular weight excluding hydrogens is 1670 g/mol. The number of rotatable bonds is 34. The minimum absolute atomic E-state index is 0.00982. The van der Waals surface area contributed by atoms with E-state index in [0.29, 0.717) is 0 Å². The van der Waals surface area contributed by atoms with Crippen molar-refractivity contribution in [2.75, 3.05) is 32.8 Å². The summed E-state index contributed by atoms with van der Waals surface area (Å²) in [5.41, 5.74) is 110. The first kappa shape index (κ1) is 97.7. The molecule has 0 amide bonds. The van der Waals surface area contributed by atoms with Crippen molar-refractivity contribution in [3.8, 4) is 0 Å². The first-order valence-corrected chi connectivity index (χ1v) is 35.9. The molecule has 0 aromatic rings. The summed E-state index contributed by atoms with van der Waals surface area (Å²) in [5, 5.41) is 106. The van der Waals surface area contributed by atoms with E-state index in [1.54, 1.807) is 6.92 Å². The molecule has 8 rings (SSSR count). The van der Waals surface area contributed by atoms with Crippen LogP contribution >= 0.6 is 0 Å². The summed E-state index contributed by atoms with van der Waals surface area (Å²) in [6.45, 7) is 2.58. The van der Waals surface area contributed by atoms with Gasteiger partial charge in [-0.1, -0.05) is 75.2 Å². The highest BCUT2D eigenvalue weighted by Gasteiger charge is 2.64. The molecule has 664 valence electrons. The van der Waals surface area contributed by atoms with Gasteiger partial charge in [0.2, 0.25) is 0 Å². The quantitative estimate of drug-likeness (QED) is 0.0108. The maximum absolute atomic E-state index is 15.6. The van der Waals surface area contributed by atoms with Gasteiger partial charge in [0.1, 0.15) is 91.4 Å². The minimum Gasteiger partial charge on any atom is -0.459 e. The van der Waals surface area contributed by atoms with Gasteiger partial charge in [0, 0.05) is 92.6 Å². The van der Waals surface area contributed by atoms with E-state index in [0.717, 1.165) is 34.6 Å². The third kappa shape index (κ3) is 23.2. The van der Waals surface area contributed by atoms with Gasteiger partial charge in [-0.05, 0) is 85.6 Å². The van der Waals surface area contributed by atoms with E-state index in [2.05, 4.69) is 120 Å². The number of nitrogens with zero attached hydrogens (tertiary/aromatic N) is 36. The second-order valence-corrected chi connectivity index (χ2v) is 27.2. The number of aliphatic hydroxyl groups excluding tert-OH is 6. The fraction of sp³-hybridized carbons (Fsp3) is 0.929. The number of aliphatic hydroxyl groups is 6. The Labute approximate surface area is 677 Å². The molecule has 6 saturated heterocycles. The second kappa shape index (κ2) is 45.5. The predicted octanol–water partition coefficient (Wildman–Crippen LogP) is 5.95. The molecule has 36 atom stereocenters. The Balaban J connectivity index is 0.000000342. The molecule has 6 heterocycles. The largest absolute Gasteiger partial charge is 0.459 e. The third-order valence-corrected chi connectivity index (χ3v) is 19.8. The van der Waals surface area contributed by atoms with Crippen LogP contribution in [-0.4, -0.2) is 313 Å². The number of alkyl halides is 4. The molecule has 0 unspecified atom stereocenters. The van der Waals surface area contributed by atoms with Gasteiger partial charge in [0.15, 0.2) is 56.1 Å². The fourth-order valence-corrected chi connectivity index (χ4v) is 14.4. The molecule has 62 nitrogen and oxygen atoms in total. The molecule has 0 aromatic carbocycles. The number of carbonyl (C=O) groups excluding carboxylic acids is 4. The first-order valence-electron chi connectivity index (χ1n) is 35.9. The normalized spacial score (nSPS) is 38.9. The lowest BCUT2D eigenvalue weighted by Gasteiger charge is -2.48. The molecule has 0 aromatic heterocycles. The molecule has 0 bridgehead atoms. The molecule has 6 N–H and O–H groups in total. The fourth-order valence-electron chi connectivity index (χ4n) is 14.4. The van der Waals surface area contributed by atoms with Gasteiger partial charge >= 0.3 is 23.9 Å². The van der Waals surface area contributed by atoms with Crippen molar-refractivity contribution >= 4 is 23.9 Å². The maximum atomic E-state index is 15.6. The zero-order chi connectivity index (χ0) is 90.0. The Morgan fingerprint density at radius 3 is 1.25 bits per heavy atom. The van der Waals surface area contributed by atoms with Crippen molar-refractivity contribution in [2.24, 2.45) is 67.3 Å². The lowest BCUT2D eigenvalue weighted by molar-refractivity contribution is -0.333. The van der Waals surface area contributed by atoms with Crippen LogP contribution in [0.3, 0.4) is 0 Å². The highest BCUT2D eigenvalue weighted by atomic mass is 19.3. The van der Waals surface area contributed by atoms with E-state index in [1.807, 2.05) is 0 Å². The number of ether oxygens (including phenoxy) is 16. The van der Waals surface area contributed by atoms with Crippen molar-refractivity contribution in [1.82, 2.24) is 0 Å². The van der Waals surface area contributed by atoms with Gasteiger partial charge in [-0.3, -0.25) is 19.2 Å². The second-order valence-electron chi connectivity index (χ2n) is 27.2. The monoisotopic (exact) mass is 1740 g/mol. The molecule has 8 aliphatic rings. The number of hydrogen-bond donors (Lipinski definition) is 6. The Morgan fingerprint density at radius 2 is 0.730 bits per heavy atom. The molecule has 66 heteroatoms. The summed E-state index contributed by atoms with van der Waals surface area (Å²) < 4.78 is 154. The molecule has 2 aliphatic carbocycles. The van der Waals surface area contributed by atoms with Crippen LogP contribution < -0.4 is 0 Å². The van der Waals surface area contributed by atoms with Crippen LogP contribution in [0.2, 0.25) is 0 Å². The molecular formula is C56H76F4N36O26. The maximum Gasteiger partial charge on any atom is 0.303 e. The van der Waals surface area contributed by atoms with Crippen LogP contribution in [0.1, 0.15) is 60.8 Å². The van der Waals surface area contributed by atoms with Gasteiger partial charge in [-0.25, -0.2) is 17.6 Å². The summed E-state index contributed by atoms with van der Waals surface area (Å²) in [7, 11) is 0. The predicted molar refractivity (Wildman–Crippen MR) is 379 cm³/mol. The molecule has 6 aliphatic heterocycles. The minimum atomic E-state index is -4.18. The smallest absolute Gasteiger partial charge is 0.303 e. The van der Waals surface area contributed by atoms with Crippen molar-refractivity contribution in [3.05, 3.63) is 125 Å². The van der Waals surface area contributed by atoms with Crippen LogP contribution in [-0.2, 0) is 95.0 Å². The number of carbonyl (C=O) groups is 4. The molecule has 2 saturated carbocycles. The van der Waals surface area contributed by atoms with Crippen LogP contribution in [0.5, 0.6) is 0 Å². The average Bonchev–Trinajstić information content (AvgIpc) is 1.17. The number of esters is 4. The van der Waals surface area contributed by atoms with Crippen LogP contribution in [0.25, 0.3) is 125 Å². The highest BCUT2D eigenvalue weighted by Crippen LogP contribution is 2.47. The van der Waals surface area contributed by atoms with Crippen molar-refractivity contribution in [2.45, 2.75) is 287 Å². The third-order valence-electron chi connectivity index (χ3n) is 19.8. The van der Waals surface area contributed by atoms with Gasteiger partial charge in [0.05, 0.1) is 99.6 Å². The standard InChI is InChI=1S/C33H44F2N18O14.C23H32F2N18O12/c1-7-18-25(66-31-22(47-53-41)27(60-14(5)56)26(59-13(4)55)19(63-31)9-42-48-36)29(61-15(6)57)32(62-18)67-28-23(58-12(3)54)16(44-50-38)8-17(45-51-39)24(28)65-30-21(46-52-40)11(2)33(34,35)20(64-30)10-43-49-37;24-23(25)9(3-33-39-27)52-21(11(19(23)49)37-43-31)53-16-6(35-41-29)1-5(34-40-28)12(45)18(16)55-22-15(48)17(8(4-44)51-22)54-20-10(36-42-30)14(47)13(46)7(50-20)2-32-38-26/h11,16-32H,7-10H2,1-6H3;5-22,44-49H,1-4H2/t11-,16-,17+,18-,19+,20-,21-,22-,23+,24-,25-,26-,27-,28-,29-,30-,31-,32+;5-,6+,7+,8-,9-,10-,11-,12+,13-,14-,15-,16-,17-,18-,19-,20-,21-,22+/m11/s1. The van der Waals surface area contributed by atoms with E-state index in [-0.39, 0.29) is 6.42 Å². The van der Waals surface area contributed by atoms with Crippen molar-refractivity contribution < 1.29 is 143 Å². The highest BCUT2D eigenvalue weighted by molar-refractivity contribution is 5.68. The van der Waals surface area contributed by atoms with Gasteiger partial charge in [0.25, 0.3) is 11.8 Å². The SMILES string of the molecule is CC[C@H]1O[C@@H](O[C@@H]2[C@@H](OC(C)=O)[C@H](N=[N+]=[N-])C[C@H](N=[N+]=[N-])[C@H]2O[C@H]2O[C@H](CN=[N+]=[N-])C(F)(F)[C@H](C)[C@H]2N=[N+]=[N-])[C@H](OC(C)=O)[C@@H]1O[C@H]1O[C@@H](CN=[N+]=[N-])[C@@H](OC(C)=O)[C@H](OC(C)=O)[C@H]1N=[N+]=[N-].[N-]=[N+]=NC[C@@H]1O[C@H](O[C@H]2[C@@H](O)[C@H](O[C@@H]3[C@@H](O)[C@H](N=[N+]=[N-])C[C@H](N=[N+]=[N-])[C@H]3O[C@H]3O[C@H](CN=[N+]=[N-])C(F)(F)[C@H](O)[C@H]3N=[N+]=[N-])O[C@@H]2CO)[C@H](N=[N+]=[N-])[C@@H](O)[C@@H]1O. The van der Waals surface area contributed by atoms with Crippen LogP contribution in [0.4, 0.5) is 17.6 Å². The van der Waals surface area contributed by atoms with E-state index >= 15 is 17.6 Å². The molecule has 0 spiro atoms. The Bertz CT molecular complexity index is 4300. The van der Waals surface area contributed by atoms with Gasteiger partial charge in [-0.15, -0.1) is 0 Å². The lowest BCUT2D eigenvalue weighted by Crippen LogP contribution is -2.65. The van der Waals surface area contributed by atoms with Crippen molar-refractivity contribution in [3.63, 3.8) is 0 Å². The first-order chi connectivity index (χ1) is 58.2. The number of azide groups is 12. The Kier molecular flexibility index (Phi) is 36.4. The molecule has 122 heavy (non-hydrogen) atoms. The summed E-state index contributed by atoms with van der Waals surface area (Å²) in [6, 6.07) is -13.3. The Hall–Kier alpha value is -11.4. The van der Waals surface area contributed by atoms with E-state index in [1.165, 1.54) is 0 Å². The number of halogens is 4. The van der Waals surface area contributed by atoms with E-state index < -0.39 is 302 Å². The van der Waals surface area contributed by atoms with Crippen LogP contribution in [0, 0.1) is 5.92 Å². The molecule has 8 fully saturated rings. The van der Waals surface area contributed by atoms with E-state index in [4.69, 9.17) is 115 Å². The number of hydrogen-bond acceptors (Lipinski definition) is 38. The summed E-state index contributed by atoms with van der Waals surface area (Å²) >= 11 is 0. The zero-order valence-electron chi connectivity index (χ0n) is 63.9. The van der Waals surface area contributed by atoms with Crippen LogP contribution in [0.15, 0.2) is 61.4 Å². The zero-order valence-corrected chi connectivity index (χ0v) is 63.9. The summed E-state index contributed by atoms with van der Waals surface area (Å²) in [5.74, 6) is -13.6.